The molecule has 0 radical (unpaired) electrons. The third-order valence-corrected chi connectivity index (χ3v) is 3.85. The number of anilines is 1. The number of hydrogen-bond acceptors (Lipinski definition) is 4. The largest absolute Gasteiger partial charge is 0.454 e. The van der Waals surface area contributed by atoms with Crippen LogP contribution in [0.2, 0.25) is 0 Å². The fourth-order valence-corrected chi connectivity index (χ4v) is 2.70. The van der Waals surface area contributed by atoms with E-state index in [4.69, 9.17) is 9.47 Å². The lowest BCUT2D eigenvalue weighted by molar-refractivity contribution is -0.122. The van der Waals surface area contributed by atoms with Crippen LogP contribution in [0.25, 0.3) is 0 Å². The molecule has 1 aliphatic heterocycles. The van der Waals surface area contributed by atoms with Gasteiger partial charge in [-0.25, -0.2) is 0 Å². The first-order valence-corrected chi connectivity index (χ1v) is 7.19. The van der Waals surface area contributed by atoms with Gasteiger partial charge in [0.25, 0.3) is 0 Å². The van der Waals surface area contributed by atoms with E-state index in [0.29, 0.717) is 6.04 Å². The highest BCUT2D eigenvalue weighted by atomic mass is 16.7. The molecular weight excluding hydrogens is 256 g/mol. The Morgan fingerprint density at radius 1 is 1.25 bits per heavy atom. The molecule has 1 heterocycles. The van der Waals surface area contributed by atoms with E-state index in [1.165, 1.54) is 12.8 Å². The summed E-state index contributed by atoms with van der Waals surface area (Å²) < 4.78 is 10.6. The summed E-state index contributed by atoms with van der Waals surface area (Å²) in [5.74, 6) is 1.52. The zero-order chi connectivity index (χ0) is 13.9. The predicted molar refractivity (Wildman–Crippen MR) is 76.0 cm³/mol. The molecule has 108 valence electrons. The van der Waals surface area contributed by atoms with Crippen molar-refractivity contribution in [3.05, 3.63) is 18.2 Å². The monoisotopic (exact) mass is 276 g/mol. The van der Waals surface area contributed by atoms with Gasteiger partial charge in [-0.1, -0.05) is 12.8 Å². The van der Waals surface area contributed by atoms with Crippen molar-refractivity contribution in [2.24, 2.45) is 0 Å². The van der Waals surface area contributed by atoms with Crippen molar-refractivity contribution in [2.45, 2.75) is 44.7 Å². The molecule has 1 fully saturated rings. The van der Waals surface area contributed by atoms with Gasteiger partial charge in [0.15, 0.2) is 11.5 Å². The molecule has 5 heteroatoms. The summed E-state index contributed by atoms with van der Waals surface area (Å²) in [7, 11) is 0. The van der Waals surface area contributed by atoms with Gasteiger partial charge in [0.2, 0.25) is 12.7 Å². The van der Waals surface area contributed by atoms with Crippen LogP contribution in [0.3, 0.4) is 0 Å². The molecule has 2 aliphatic rings. The van der Waals surface area contributed by atoms with Gasteiger partial charge in [-0.05, 0) is 31.9 Å². The quantitative estimate of drug-likeness (QED) is 0.885. The molecule has 0 spiro atoms. The molecule has 3 rings (SSSR count). The lowest BCUT2D eigenvalue weighted by Gasteiger charge is -2.18. The zero-order valence-corrected chi connectivity index (χ0v) is 11.6. The van der Waals surface area contributed by atoms with E-state index in [1.807, 2.05) is 25.1 Å². The molecule has 1 saturated carbocycles. The minimum Gasteiger partial charge on any atom is -0.454 e. The summed E-state index contributed by atoms with van der Waals surface area (Å²) in [4.78, 5) is 12.1. The standard InChI is InChI=1S/C15H20N2O3/c1-10(15(18)17-11-4-2-3-5-11)16-12-6-7-13-14(8-12)20-9-19-13/h6-8,10-11,16H,2-5,9H2,1H3,(H,17,18)/t10-/m0/s1. The Morgan fingerprint density at radius 3 is 2.80 bits per heavy atom. The van der Waals surface area contributed by atoms with E-state index in [-0.39, 0.29) is 18.7 Å². The van der Waals surface area contributed by atoms with Crippen LogP contribution in [0.4, 0.5) is 5.69 Å². The molecule has 1 amide bonds. The number of amides is 1. The van der Waals surface area contributed by atoms with Crippen LogP contribution in [0.15, 0.2) is 18.2 Å². The molecule has 0 saturated heterocycles. The zero-order valence-electron chi connectivity index (χ0n) is 11.6. The lowest BCUT2D eigenvalue weighted by Crippen LogP contribution is -2.42. The Kier molecular flexibility index (Phi) is 3.67. The molecule has 1 aliphatic carbocycles. The van der Waals surface area contributed by atoms with E-state index in [1.54, 1.807) is 0 Å². The number of hydrogen-bond donors (Lipinski definition) is 2. The molecule has 5 nitrogen and oxygen atoms in total. The second-order valence-electron chi connectivity index (χ2n) is 5.42. The summed E-state index contributed by atoms with van der Waals surface area (Å²) >= 11 is 0. The van der Waals surface area contributed by atoms with Gasteiger partial charge >= 0.3 is 0 Å². The van der Waals surface area contributed by atoms with Crippen molar-refractivity contribution in [1.29, 1.82) is 0 Å². The van der Waals surface area contributed by atoms with Crippen molar-refractivity contribution in [1.82, 2.24) is 5.32 Å². The molecule has 0 bridgehead atoms. The normalized spacial score (nSPS) is 18.9. The van der Waals surface area contributed by atoms with Gasteiger partial charge in [-0.2, -0.15) is 0 Å². The first kappa shape index (κ1) is 13.1. The third kappa shape index (κ3) is 2.81. The van der Waals surface area contributed by atoms with E-state index < -0.39 is 0 Å². The first-order valence-electron chi connectivity index (χ1n) is 7.19. The Balaban J connectivity index is 1.57. The molecule has 0 aromatic heterocycles. The fraction of sp³-hybridized carbons (Fsp3) is 0.533. The van der Waals surface area contributed by atoms with E-state index in [0.717, 1.165) is 30.0 Å². The summed E-state index contributed by atoms with van der Waals surface area (Å²) in [6, 6.07) is 5.69. The molecule has 1 atom stereocenters. The van der Waals surface area contributed by atoms with Gasteiger partial charge < -0.3 is 20.1 Å². The molecule has 20 heavy (non-hydrogen) atoms. The number of ether oxygens (including phenoxy) is 2. The van der Waals surface area contributed by atoms with Crippen LogP contribution in [0.1, 0.15) is 32.6 Å². The van der Waals surface area contributed by atoms with Gasteiger partial charge in [0, 0.05) is 17.8 Å². The van der Waals surface area contributed by atoms with Crippen LogP contribution in [0, 0.1) is 0 Å². The number of benzene rings is 1. The van der Waals surface area contributed by atoms with E-state index in [9.17, 15) is 4.79 Å². The molecule has 1 aromatic rings. The Bertz CT molecular complexity index is 498. The smallest absolute Gasteiger partial charge is 0.242 e. The molecule has 0 unspecified atom stereocenters. The maximum atomic E-state index is 12.1. The van der Waals surface area contributed by atoms with E-state index >= 15 is 0 Å². The minimum absolute atomic E-state index is 0.0505. The molecule has 1 aromatic carbocycles. The van der Waals surface area contributed by atoms with Crippen LogP contribution >= 0.6 is 0 Å². The molecular formula is C15H20N2O3. The van der Waals surface area contributed by atoms with Crippen LogP contribution in [0.5, 0.6) is 11.5 Å². The predicted octanol–water partition coefficient (Wildman–Crippen LogP) is 2.27. The second-order valence-corrected chi connectivity index (χ2v) is 5.42. The maximum absolute atomic E-state index is 12.1. The van der Waals surface area contributed by atoms with Crippen molar-refractivity contribution in [2.75, 3.05) is 12.1 Å². The summed E-state index contributed by atoms with van der Waals surface area (Å²) in [5.41, 5.74) is 0.864. The van der Waals surface area contributed by atoms with Crippen molar-refractivity contribution in [3.8, 4) is 11.5 Å². The SMILES string of the molecule is C[C@H](Nc1ccc2c(c1)OCO2)C(=O)NC1CCCC1. The highest BCUT2D eigenvalue weighted by Crippen LogP contribution is 2.34. The number of carbonyl (C=O) groups is 1. The average molecular weight is 276 g/mol. The number of rotatable bonds is 4. The first-order chi connectivity index (χ1) is 9.72. The van der Waals surface area contributed by atoms with Crippen molar-refractivity contribution >= 4 is 11.6 Å². The van der Waals surface area contributed by atoms with Crippen molar-refractivity contribution in [3.63, 3.8) is 0 Å². The Labute approximate surface area is 118 Å². The van der Waals surface area contributed by atoms with Crippen LogP contribution in [-0.4, -0.2) is 24.8 Å². The van der Waals surface area contributed by atoms with Gasteiger partial charge in [0.05, 0.1) is 0 Å². The third-order valence-electron chi connectivity index (χ3n) is 3.85. The maximum Gasteiger partial charge on any atom is 0.242 e. The van der Waals surface area contributed by atoms with Gasteiger partial charge in [0.1, 0.15) is 6.04 Å². The number of fused-ring (bicyclic) bond motifs is 1. The lowest BCUT2D eigenvalue weighted by atomic mass is 10.2. The molecule has 2 N–H and O–H groups in total. The highest BCUT2D eigenvalue weighted by Gasteiger charge is 2.21. The van der Waals surface area contributed by atoms with Crippen LogP contribution < -0.4 is 20.1 Å². The average Bonchev–Trinajstić information content (AvgIpc) is 3.08. The summed E-state index contributed by atoms with van der Waals surface area (Å²) in [6.07, 6.45) is 4.63. The highest BCUT2D eigenvalue weighted by molar-refractivity contribution is 5.84. The number of nitrogens with one attached hydrogen (secondary N) is 2. The summed E-state index contributed by atoms with van der Waals surface area (Å²) in [5, 5.41) is 6.29. The summed E-state index contributed by atoms with van der Waals surface area (Å²) in [6.45, 7) is 2.13. The van der Waals surface area contributed by atoms with E-state index in [2.05, 4.69) is 10.6 Å². The van der Waals surface area contributed by atoms with Crippen molar-refractivity contribution < 1.29 is 14.3 Å². The minimum atomic E-state index is -0.268. The van der Waals surface area contributed by atoms with Gasteiger partial charge in [-0.3, -0.25) is 4.79 Å². The van der Waals surface area contributed by atoms with Gasteiger partial charge in [-0.15, -0.1) is 0 Å². The number of carbonyl (C=O) groups excluding carboxylic acids is 1. The second kappa shape index (κ2) is 5.61. The fourth-order valence-electron chi connectivity index (χ4n) is 2.70. The Morgan fingerprint density at radius 2 is 2.00 bits per heavy atom. The van der Waals surface area contributed by atoms with Crippen LogP contribution in [-0.2, 0) is 4.79 Å². The Hall–Kier alpha value is -1.91. The topological polar surface area (TPSA) is 59.6 Å².